The van der Waals surface area contributed by atoms with Crippen molar-refractivity contribution in [1.29, 1.82) is 0 Å². The third-order valence-electron chi connectivity index (χ3n) is 2.33. The van der Waals surface area contributed by atoms with Gasteiger partial charge in [-0.15, -0.1) is 0 Å². The van der Waals surface area contributed by atoms with Crippen LogP contribution in [0.4, 0.5) is 0 Å². The third-order valence-corrected chi connectivity index (χ3v) is 2.33. The number of aliphatic carboxylic acids is 1. The third kappa shape index (κ3) is 4.56. The number of hydrogen-bond donors (Lipinski definition) is 1. The summed E-state index contributed by atoms with van der Waals surface area (Å²) in [4.78, 5) is 22.2. The maximum Gasteiger partial charge on any atom is 0.328 e. The molecule has 0 heterocycles. The molecule has 0 aliphatic rings. The summed E-state index contributed by atoms with van der Waals surface area (Å²) in [6, 6.07) is 2.91. The molecular formula is C13H14NaO6. The summed E-state index contributed by atoms with van der Waals surface area (Å²) >= 11 is 0. The summed E-state index contributed by atoms with van der Waals surface area (Å²) in [5.74, 6) is -0.644. The molecule has 0 saturated heterocycles. The van der Waals surface area contributed by atoms with Gasteiger partial charge in [0.2, 0.25) is 5.75 Å². The van der Waals surface area contributed by atoms with Crippen LogP contribution in [0.5, 0.6) is 17.2 Å². The number of carboxylic acids is 1. The summed E-state index contributed by atoms with van der Waals surface area (Å²) < 4.78 is 15.3. The van der Waals surface area contributed by atoms with Crippen LogP contribution < -0.4 is 14.2 Å². The molecule has 0 amide bonds. The largest absolute Gasteiger partial charge is 0.493 e. The fourth-order valence-corrected chi connectivity index (χ4v) is 1.47. The van der Waals surface area contributed by atoms with Gasteiger partial charge in [0.25, 0.3) is 0 Å². The van der Waals surface area contributed by atoms with Gasteiger partial charge in [0.15, 0.2) is 17.3 Å². The van der Waals surface area contributed by atoms with Crippen LogP contribution >= 0.6 is 0 Å². The molecule has 7 heteroatoms. The Bertz CT molecular complexity index is 499. The Labute approximate surface area is 138 Å². The average Bonchev–Trinajstić information content (AvgIpc) is 2.42. The van der Waals surface area contributed by atoms with Crippen molar-refractivity contribution in [2.45, 2.75) is 0 Å². The fourth-order valence-electron chi connectivity index (χ4n) is 1.47. The van der Waals surface area contributed by atoms with Gasteiger partial charge in [-0.05, 0) is 18.2 Å². The number of hydrogen-bond acceptors (Lipinski definition) is 5. The van der Waals surface area contributed by atoms with E-state index >= 15 is 0 Å². The minimum Gasteiger partial charge on any atom is -0.493 e. The number of carbonyl (C=O) groups is 2. The maximum atomic E-state index is 11.8. The van der Waals surface area contributed by atoms with Crippen molar-refractivity contribution < 1.29 is 28.9 Å². The molecule has 1 aromatic carbocycles. The quantitative estimate of drug-likeness (QED) is 0.480. The van der Waals surface area contributed by atoms with E-state index in [-0.39, 0.29) is 35.1 Å². The van der Waals surface area contributed by atoms with E-state index in [4.69, 9.17) is 19.3 Å². The first-order valence-electron chi connectivity index (χ1n) is 5.28. The number of ether oxygens (including phenoxy) is 3. The summed E-state index contributed by atoms with van der Waals surface area (Å²) in [5.41, 5.74) is 0.243. The summed E-state index contributed by atoms with van der Waals surface area (Å²) in [6.45, 7) is 0. The van der Waals surface area contributed by atoms with E-state index in [1.165, 1.54) is 33.5 Å². The molecule has 1 rings (SSSR count). The average molecular weight is 289 g/mol. The second-order valence-corrected chi connectivity index (χ2v) is 3.45. The smallest absolute Gasteiger partial charge is 0.328 e. The van der Waals surface area contributed by atoms with Crippen molar-refractivity contribution in [1.82, 2.24) is 0 Å². The molecule has 0 fully saturated rings. The Kier molecular flexibility index (Phi) is 7.98. The molecule has 0 aliphatic carbocycles. The maximum absolute atomic E-state index is 11.8. The van der Waals surface area contributed by atoms with Gasteiger partial charge < -0.3 is 19.3 Å². The molecule has 0 aliphatic heterocycles. The number of carboxylic acid groups (broad SMARTS) is 1. The zero-order valence-corrected chi connectivity index (χ0v) is 13.8. The molecule has 20 heavy (non-hydrogen) atoms. The Morgan fingerprint density at radius 1 is 1.00 bits per heavy atom. The van der Waals surface area contributed by atoms with Crippen LogP contribution in [0.2, 0.25) is 0 Å². The summed E-state index contributed by atoms with van der Waals surface area (Å²) in [5, 5.41) is 8.48. The minimum atomic E-state index is -1.19. The number of benzene rings is 1. The van der Waals surface area contributed by atoms with Gasteiger partial charge in [0, 0.05) is 41.2 Å². The van der Waals surface area contributed by atoms with E-state index in [0.29, 0.717) is 17.2 Å². The van der Waals surface area contributed by atoms with E-state index < -0.39 is 11.8 Å². The van der Waals surface area contributed by atoms with Crippen molar-refractivity contribution >= 4 is 41.3 Å². The van der Waals surface area contributed by atoms with Crippen LogP contribution in [-0.2, 0) is 4.79 Å². The van der Waals surface area contributed by atoms with Gasteiger partial charge >= 0.3 is 5.97 Å². The topological polar surface area (TPSA) is 82.1 Å². The molecule has 1 N–H and O–H groups in total. The Morgan fingerprint density at radius 3 is 1.85 bits per heavy atom. The van der Waals surface area contributed by atoms with Gasteiger partial charge in [-0.3, -0.25) is 4.79 Å². The van der Waals surface area contributed by atoms with Crippen LogP contribution in [0.3, 0.4) is 0 Å². The Morgan fingerprint density at radius 2 is 1.50 bits per heavy atom. The Balaban J connectivity index is 0.00000361. The van der Waals surface area contributed by atoms with Gasteiger partial charge in [0.1, 0.15) is 0 Å². The molecule has 0 unspecified atom stereocenters. The second-order valence-electron chi connectivity index (χ2n) is 3.45. The molecule has 0 saturated carbocycles. The van der Waals surface area contributed by atoms with E-state index in [1.807, 2.05) is 0 Å². The number of methoxy groups -OCH3 is 3. The first-order valence-corrected chi connectivity index (χ1v) is 5.28. The van der Waals surface area contributed by atoms with Gasteiger partial charge in [-0.25, -0.2) is 4.79 Å². The van der Waals surface area contributed by atoms with Crippen LogP contribution in [0, 0.1) is 0 Å². The SMILES string of the molecule is COc1cc(C(=O)/C=C/C(=O)O)cc(OC)c1OC.[Na]. The molecule has 0 spiro atoms. The van der Waals surface area contributed by atoms with E-state index in [2.05, 4.69) is 0 Å². The molecule has 6 nitrogen and oxygen atoms in total. The molecule has 103 valence electrons. The number of ketones is 1. The first kappa shape index (κ1) is 18.5. The van der Waals surface area contributed by atoms with Crippen molar-refractivity contribution in [3.8, 4) is 17.2 Å². The predicted octanol–water partition coefficient (Wildman–Crippen LogP) is 1.16. The molecule has 1 aromatic rings. The van der Waals surface area contributed by atoms with E-state index in [9.17, 15) is 9.59 Å². The van der Waals surface area contributed by atoms with Gasteiger partial charge in [-0.1, -0.05) is 0 Å². The summed E-state index contributed by atoms with van der Waals surface area (Å²) in [6.07, 6.45) is 1.73. The van der Waals surface area contributed by atoms with Crippen LogP contribution in [0.15, 0.2) is 24.3 Å². The van der Waals surface area contributed by atoms with E-state index in [1.54, 1.807) is 0 Å². The first-order chi connectivity index (χ1) is 9.03. The van der Waals surface area contributed by atoms with Crippen LogP contribution in [-0.4, -0.2) is 67.7 Å². The standard InChI is InChI=1S/C13H14O6.Na/c1-17-10-6-8(9(14)4-5-12(15)16)7-11(18-2)13(10)19-3;/h4-7H,1-3H3,(H,15,16);/b5-4+;. The number of carbonyl (C=O) groups excluding carboxylic acids is 1. The van der Waals surface area contributed by atoms with Gasteiger partial charge in [-0.2, -0.15) is 0 Å². The fraction of sp³-hybridized carbons (Fsp3) is 0.231. The monoisotopic (exact) mass is 289 g/mol. The van der Waals surface area contributed by atoms with Crippen molar-refractivity contribution in [2.24, 2.45) is 0 Å². The zero-order chi connectivity index (χ0) is 14.4. The normalized spacial score (nSPS) is 9.75. The van der Waals surface area contributed by atoms with Gasteiger partial charge in [0.05, 0.1) is 21.3 Å². The Hall–Kier alpha value is -1.50. The van der Waals surface area contributed by atoms with E-state index in [0.717, 1.165) is 12.2 Å². The molecule has 0 aromatic heterocycles. The number of rotatable bonds is 6. The van der Waals surface area contributed by atoms with Crippen LogP contribution in [0.25, 0.3) is 0 Å². The molecular weight excluding hydrogens is 275 g/mol. The zero-order valence-electron chi connectivity index (χ0n) is 11.8. The van der Waals surface area contributed by atoms with Crippen molar-refractivity contribution in [3.63, 3.8) is 0 Å². The molecule has 1 radical (unpaired) electrons. The molecule has 0 bridgehead atoms. The van der Waals surface area contributed by atoms with Crippen molar-refractivity contribution in [2.75, 3.05) is 21.3 Å². The minimum absolute atomic E-state index is 0. The second kappa shape index (κ2) is 8.63. The van der Waals surface area contributed by atoms with Crippen molar-refractivity contribution in [3.05, 3.63) is 29.8 Å². The molecule has 0 atom stereocenters. The van der Waals surface area contributed by atoms with Crippen LogP contribution in [0.1, 0.15) is 10.4 Å². The summed E-state index contributed by atoms with van der Waals surface area (Å²) in [7, 11) is 4.31. The number of allylic oxidation sites excluding steroid dienone is 1. The predicted molar refractivity (Wildman–Crippen MR) is 73.0 cm³/mol.